The van der Waals surface area contributed by atoms with E-state index in [1.807, 2.05) is 0 Å². The minimum absolute atomic E-state index is 0.102. The van der Waals surface area contributed by atoms with Gasteiger partial charge in [-0.05, 0) is 31.2 Å². The standard InChI is InChI=1S/C16H15NO4/c1-10-12(3-2-4-13(10)18)16(19)17-11-5-6-14-15(9-11)21-8-7-20-14/h2-6,9,18H,7-8H2,1H3,(H,17,19). The number of carbonyl (C=O) groups is 1. The lowest BCUT2D eigenvalue weighted by Crippen LogP contribution is -2.16. The monoisotopic (exact) mass is 285 g/mol. The van der Waals surface area contributed by atoms with Crippen molar-refractivity contribution in [1.82, 2.24) is 0 Å². The van der Waals surface area contributed by atoms with Gasteiger partial charge in [0.2, 0.25) is 0 Å². The first-order chi connectivity index (χ1) is 10.1. The van der Waals surface area contributed by atoms with Gasteiger partial charge in [0, 0.05) is 22.9 Å². The minimum Gasteiger partial charge on any atom is -0.508 e. The predicted molar refractivity (Wildman–Crippen MR) is 78.2 cm³/mol. The lowest BCUT2D eigenvalue weighted by molar-refractivity contribution is 0.102. The van der Waals surface area contributed by atoms with Gasteiger partial charge in [0.05, 0.1) is 0 Å². The molecule has 0 unspecified atom stereocenters. The number of nitrogens with one attached hydrogen (secondary N) is 1. The van der Waals surface area contributed by atoms with E-state index < -0.39 is 0 Å². The van der Waals surface area contributed by atoms with Crippen LogP contribution in [0.2, 0.25) is 0 Å². The van der Waals surface area contributed by atoms with Crippen LogP contribution in [0.5, 0.6) is 17.2 Å². The Morgan fingerprint density at radius 1 is 1.14 bits per heavy atom. The molecular weight excluding hydrogens is 270 g/mol. The van der Waals surface area contributed by atoms with Crippen LogP contribution in [-0.2, 0) is 0 Å². The molecule has 0 spiro atoms. The number of fused-ring (bicyclic) bond motifs is 1. The van der Waals surface area contributed by atoms with Crippen molar-refractivity contribution < 1.29 is 19.4 Å². The zero-order valence-electron chi connectivity index (χ0n) is 11.6. The molecule has 0 fully saturated rings. The van der Waals surface area contributed by atoms with Gasteiger partial charge in [0.25, 0.3) is 5.91 Å². The summed E-state index contributed by atoms with van der Waals surface area (Å²) < 4.78 is 10.9. The zero-order valence-corrected chi connectivity index (χ0v) is 11.6. The molecule has 2 aromatic rings. The highest BCUT2D eigenvalue weighted by atomic mass is 16.6. The van der Waals surface area contributed by atoms with Crippen molar-refractivity contribution in [3.63, 3.8) is 0 Å². The van der Waals surface area contributed by atoms with E-state index in [4.69, 9.17) is 9.47 Å². The number of rotatable bonds is 2. The first-order valence-corrected chi connectivity index (χ1v) is 6.65. The Hall–Kier alpha value is -2.69. The van der Waals surface area contributed by atoms with Gasteiger partial charge in [0.1, 0.15) is 19.0 Å². The number of amides is 1. The first-order valence-electron chi connectivity index (χ1n) is 6.65. The van der Waals surface area contributed by atoms with Crippen molar-refractivity contribution in [3.05, 3.63) is 47.5 Å². The number of anilines is 1. The SMILES string of the molecule is Cc1c(O)cccc1C(=O)Nc1ccc2c(c1)OCCO2. The third-order valence-electron chi connectivity index (χ3n) is 3.35. The van der Waals surface area contributed by atoms with E-state index in [1.165, 1.54) is 0 Å². The van der Waals surface area contributed by atoms with Crippen LogP contribution in [0.3, 0.4) is 0 Å². The molecule has 21 heavy (non-hydrogen) atoms. The van der Waals surface area contributed by atoms with Crippen LogP contribution in [0.4, 0.5) is 5.69 Å². The van der Waals surface area contributed by atoms with Crippen LogP contribution in [0.1, 0.15) is 15.9 Å². The van der Waals surface area contributed by atoms with Crippen LogP contribution in [0, 0.1) is 6.92 Å². The molecule has 1 aliphatic rings. The average molecular weight is 285 g/mol. The van der Waals surface area contributed by atoms with Gasteiger partial charge < -0.3 is 19.9 Å². The van der Waals surface area contributed by atoms with Crippen molar-refractivity contribution in [2.75, 3.05) is 18.5 Å². The summed E-state index contributed by atoms with van der Waals surface area (Å²) in [4.78, 5) is 12.3. The molecule has 0 saturated heterocycles. The van der Waals surface area contributed by atoms with Crippen LogP contribution in [-0.4, -0.2) is 24.2 Å². The normalized spacial score (nSPS) is 12.8. The summed E-state index contributed by atoms with van der Waals surface area (Å²) in [6.07, 6.45) is 0. The Balaban J connectivity index is 1.83. The summed E-state index contributed by atoms with van der Waals surface area (Å²) in [5, 5.41) is 12.4. The van der Waals surface area contributed by atoms with E-state index in [1.54, 1.807) is 43.3 Å². The van der Waals surface area contributed by atoms with Gasteiger partial charge in [-0.2, -0.15) is 0 Å². The number of aromatic hydroxyl groups is 1. The molecule has 3 rings (SSSR count). The second kappa shape index (κ2) is 5.36. The second-order valence-corrected chi connectivity index (χ2v) is 4.76. The predicted octanol–water partition coefficient (Wildman–Crippen LogP) is 2.72. The highest BCUT2D eigenvalue weighted by molar-refractivity contribution is 6.05. The number of hydrogen-bond acceptors (Lipinski definition) is 4. The maximum Gasteiger partial charge on any atom is 0.256 e. The number of carbonyl (C=O) groups excluding carboxylic acids is 1. The second-order valence-electron chi connectivity index (χ2n) is 4.76. The number of phenols is 1. The number of hydrogen-bond donors (Lipinski definition) is 2. The van der Waals surface area contributed by atoms with Gasteiger partial charge in [0.15, 0.2) is 11.5 Å². The molecule has 0 aliphatic carbocycles. The van der Waals surface area contributed by atoms with E-state index in [9.17, 15) is 9.90 Å². The maximum absolute atomic E-state index is 12.3. The molecule has 2 N–H and O–H groups in total. The fourth-order valence-electron chi connectivity index (χ4n) is 2.19. The zero-order chi connectivity index (χ0) is 14.8. The van der Waals surface area contributed by atoms with Gasteiger partial charge in [-0.25, -0.2) is 0 Å². The van der Waals surface area contributed by atoms with Crippen molar-refractivity contribution in [2.24, 2.45) is 0 Å². The average Bonchev–Trinajstić information content (AvgIpc) is 2.50. The van der Waals surface area contributed by atoms with Crippen LogP contribution in [0.25, 0.3) is 0 Å². The Bertz CT molecular complexity index is 697. The Labute approximate surface area is 122 Å². The largest absolute Gasteiger partial charge is 0.508 e. The van der Waals surface area contributed by atoms with Gasteiger partial charge in [-0.3, -0.25) is 4.79 Å². The minimum atomic E-state index is -0.278. The number of ether oxygens (including phenoxy) is 2. The lowest BCUT2D eigenvalue weighted by Gasteiger charge is -2.19. The summed E-state index contributed by atoms with van der Waals surface area (Å²) in [7, 11) is 0. The van der Waals surface area contributed by atoms with E-state index in [2.05, 4.69) is 5.32 Å². The van der Waals surface area contributed by atoms with Crippen molar-refractivity contribution in [3.8, 4) is 17.2 Å². The molecule has 0 radical (unpaired) electrons. The van der Waals surface area contributed by atoms with Gasteiger partial charge in [-0.1, -0.05) is 6.07 Å². The molecule has 0 atom stereocenters. The molecule has 2 aromatic carbocycles. The topological polar surface area (TPSA) is 67.8 Å². The van der Waals surface area contributed by atoms with Gasteiger partial charge in [-0.15, -0.1) is 0 Å². The Morgan fingerprint density at radius 2 is 1.90 bits per heavy atom. The molecule has 5 heteroatoms. The molecule has 0 bridgehead atoms. The number of benzene rings is 2. The quantitative estimate of drug-likeness (QED) is 0.890. The van der Waals surface area contributed by atoms with Crippen molar-refractivity contribution in [2.45, 2.75) is 6.92 Å². The highest BCUT2D eigenvalue weighted by Crippen LogP contribution is 2.32. The third-order valence-corrected chi connectivity index (χ3v) is 3.35. The van der Waals surface area contributed by atoms with Gasteiger partial charge >= 0.3 is 0 Å². The van der Waals surface area contributed by atoms with E-state index >= 15 is 0 Å². The molecule has 5 nitrogen and oxygen atoms in total. The van der Waals surface area contributed by atoms with E-state index in [-0.39, 0.29) is 11.7 Å². The fraction of sp³-hybridized carbons (Fsp3) is 0.188. The summed E-state index contributed by atoms with van der Waals surface area (Å²) in [5.74, 6) is 1.12. The summed E-state index contributed by atoms with van der Waals surface area (Å²) in [5.41, 5.74) is 1.60. The Kier molecular flexibility index (Phi) is 3.39. The lowest BCUT2D eigenvalue weighted by atomic mass is 10.1. The first kappa shape index (κ1) is 13.3. The number of phenolic OH excluding ortho intramolecular Hbond substituents is 1. The molecule has 108 valence electrons. The van der Waals surface area contributed by atoms with Crippen LogP contribution < -0.4 is 14.8 Å². The summed E-state index contributed by atoms with van der Waals surface area (Å²) >= 11 is 0. The molecule has 1 amide bonds. The summed E-state index contributed by atoms with van der Waals surface area (Å²) in [6.45, 7) is 2.73. The van der Waals surface area contributed by atoms with E-state index in [0.717, 1.165) is 0 Å². The maximum atomic E-state index is 12.3. The van der Waals surface area contributed by atoms with Crippen molar-refractivity contribution in [1.29, 1.82) is 0 Å². The molecule has 1 aliphatic heterocycles. The smallest absolute Gasteiger partial charge is 0.256 e. The van der Waals surface area contributed by atoms with E-state index in [0.29, 0.717) is 41.5 Å². The molecule has 0 aromatic heterocycles. The Morgan fingerprint density at radius 3 is 2.71 bits per heavy atom. The molecule has 1 heterocycles. The van der Waals surface area contributed by atoms with Crippen molar-refractivity contribution >= 4 is 11.6 Å². The molecular formula is C16H15NO4. The fourth-order valence-corrected chi connectivity index (χ4v) is 2.19. The summed E-state index contributed by atoms with van der Waals surface area (Å²) in [6, 6.07) is 10.1. The molecule has 0 saturated carbocycles. The highest BCUT2D eigenvalue weighted by Gasteiger charge is 2.15. The van der Waals surface area contributed by atoms with Crippen LogP contribution in [0.15, 0.2) is 36.4 Å². The third kappa shape index (κ3) is 2.63. The van der Waals surface area contributed by atoms with Crippen LogP contribution >= 0.6 is 0 Å².